The van der Waals surface area contributed by atoms with Crippen molar-refractivity contribution in [3.8, 4) is 0 Å². The van der Waals surface area contributed by atoms with Crippen molar-refractivity contribution in [3.05, 3.63) is 0 Å². The van der Waals surface area contributed by atoms with Gasteiger partial charge in [0.05, 0.1) is 0 Å². The highest BCUT2D eigenvalue weighted by Gasteiger charge is 2.32. The summed E-state index contributed by atoms with van der Waals surface area (Å²) in [6, 6.07) is 0. The predicted molar refractivity (Wildman–Crippen MR) is 98.3 cm³/mol. The van der Waals surface area contributed by atoms with Crippen LogP contribution in [0.3, 0.4) is 0 Å². The molecule has 6 heteroatoms. The van der Waals surface area contributed by atoms with Crippen LogP contribution in [-0.2, 0) is 9.84 Å². The van der Waals surface area contributed by atoms with Gasteiger partial charge in [-0.2, -0.15) is 11.8 Å². The fourth-order valence-corrected chi connectivity index (χ4v) is 6.19. The van der Waals surface area contributed by atoms with E-state index in [1.165, 1.54) is 38.5 Å². The lowest BCUT2D eigenvalue weighted by Crippen LogP contribution is -2.48. The van der Waals surface area contributed by atoms with Crippen LogP contribution in [0.25, 0.3) is 0 Å². The Kier molecular flexibility index (Phi) is 10.6. The molecule has 1 aliphatic rings. The minimum atomic E-state index is -2.93. The minimum Gasteiger partial charge on any atom is -0.286 e. The van der Waals surface area contributed by atoms with Crippen LogP contribution in [0.5, 0.6) is 0 Å². The lowest BCUT2D eigenvalue weighted by molar-refractivity contribution is 0.263. The van der Waals surface area contributed by atoms with Crippen LogP contribution in [0.2, 0.25) is 0 Å². The molecule has 0 N–H and O–H groups in total. The lowest BCUT2D eigenvalue weighted by atomic mass is 10.1. The van der Waals surface area contributed by atoms with E-state index in [0.717, 1.165) is 36.3 Å². The number of rotatable bonds is 11. The number of halogens is 1. The summed E-state index contributed by atoms with van der Waals surface area (Å²) in [5.41, 5.74) is 0. The maximum absolute atomic E-state index is 12.1. The molecule has 1 unspecified atom stereocenters. The second-order valence-corrected chi connectivity index (χ2v) is 10.1. The maximum Gasteiger partial charge on any atom is 0.166 e. The largest absolute Gasteiger partial charge is 0.286 e. The third-order valence-electron chi connectivity index (χ3n) is 4.09. The van der Waals surface area contributed by atoms with Crippen molar-refractivity contribution in [2.45, 2.75) is 57.2 Å². The number of unbranched alkanes of at least 4 members (excludes halogenated alkanes) is 6. The summed E-state index contributed by atoms with van der Waals surface area (Å²) < 4.78 is 24.3. The van der Waals surface area contributed by atoms with E-state index in [-0.39, 0.29) is 11.1 Å². The summed E-state index contributed by atoms with van der Waals surface area (Å²) in [4.78, 5) is 2.21. The first kappa shape index (κ1) is 19.8. The van der Waals surface area contributed by atoms with Crippen LogP contribution in [0, 0.1) is 0 Å². The highest BCUT2D eigenvalue weighted by atomic mass is 79.9. The van der Waals surface area contributed by atoms with Crippen molar-refractivity contribution in [1.82, 2.24) is 4.90 Å². The molecule has 1 heterocycles. The molecule has 0 aromatic carbocycles. The van der Waals surface area contributed by atoms with Crippen molar-refractivity contribution in [3.63, 3.8) is 0 Å². The zero-order valence-corrected chi connectivity index (χ0v) is 16.4. The smallest absolute Gasteiger partial charge is 0.166 e. The molecule has 21 heavy (non-hydrogen) atoms. The molecule has 0 spiro atoms. The van der Waals surface area contributed by atoms with Gasteiger partial charge in [-0.1, -0.05) is 55.0 Å². The summed E-state index contributed by atoms with van der Waals surface area (Å²) in [6.07, 6.45) is 8.91. The monoisotopic (exact) mass is 399 g/mol. The number of hydrogen-bond acceptors (Lipinski definition) is 4. The van der Waals surface area contributed by atoms with Crippen LogP contribution in [-0.4, -0.2) is 54.4 Å². The van der Waals surface area contributed by atoms with Crippen molar-refractivity contribution in [2.75, 3.05) is 35.7 Å². The molecule has 1 rings (SSSR count). The van der Waals surface area contributed by atoms with Crippen molar-refractivity contribution < 1.29 is 8.42 Å². The van der Waals surface area contributed by atoms with Gasteiger partial charge in [0.25, 0.3) is 0 Å². The van der Waals surface area contributed by atoms with E-state index in [1.807, 2.05) is 0 Å². The van der Waals surface area contributed by atoms with Gasteiger partial charge in [-0.05, 0) is 19.4 Å². The second kappa shape index (κ2) is 11.3. The van der Waals surface area contributed by atoms with Crippen LogP contribution in [0.4, 0.5) is 0 Å². The minimum absolute atomic E-state index is 0.236. The Hall–Kier alpha value is 0.740. The highest BCUT2D eigenvalue weighted by Crippen LogP contribution is 2.22. The molecule has 1 fully saturated rings. The second-order valence-electron chi connectivity index (χ2n) is 5.68. The van der Waals surface area contributed by atoms with Crippen LogP contribution >= 0.6 is 27.7 Å². The molecular weight excluding hydrogens is 370 g/mol. The van der Waals surface area contributed by atoms with Crippen LogP contribution < -0.4 is 0 Å². The Morgan fingerprint density at radius 2 is 1.71 bits per heavy atom. The molecule has 3 nitrogen and oxygen atoms in total. The van der Waals surface area contributed by atoms with E-state index in [9.17, 15) is 8.42 Å². The van der Waals surface area contributed by atoms with Gasteiger partial charge in [-0.25, -0.2) is 8.42 Å². The van der Waals surface area contributed by atoms with Gasteiger partial charge in [-0.15, -0.1) is 0 Å². The number of sulfone groups is 1. The first-order chi connectivity index (χ1) is 10.1. The normalized spacial score (nSPS) is 20.8. The summed E-state index contributed by atoms with van der Waals surface area (Å²) in [6.45, 7) is 3.64. The molecule has 1 saturated heterocycles. The third kappa shape index (κ3) is 7.71. The highest BCUT2D eigenvalue weighted by molar-refractivity contribution is 9.09. The molecule has 0 aromatic rings. The molecule has 0 bridgehead atoms. The fourth-order valence-electron chi connectivity index (χ4n) is 2.69. The van der Waals surface area contributed by atoms with E-state index < -0.39 is 9.84 Å². The zero-order chi connectivity index (χ0) is 15.6. The summed E-state index contributed by atoms with van der Waals surface area (Å²) in [5.74, 6) is 2.09. The zero-order valence-electron chi connectivity index (χ0n) is 13.2. The van der Waals surface area contributed by atoms with Gasteiger partial charge >= 0.3 is 0 Å². The summed E-state index contributed by atoms with van der Waals surface area (Å²) in [5, 5.41) is 0.882. The van der Waals surface area contributed by atoms with Crippen molar-refractivity contribution in [1.29, 1.82) is 0 Å². The van der Waals surface area contributed by atoms with Gasteiger partial charge in [0.15, 0.2) is 9.84 Å². The van der Waals surface area contributed by atoms with Gasteiger partial charge in [0, 0.05) is 29.1 Å². The van der Waals surface area contributed by atoms with E-state index in [2.05, 4.69) is 20.8 Å². The SMILES string of the molecule is CCS(=O)(=O)C1CSCCN1CCCCCCCCCBr. The van der Waals surface area contributed by atoms with Gasteiger partial charge in [0.2, 0.25) is 0 Å². The molecule has 0 radical (unpaired) electrons. The Labute approximate surface area is 143 Å². The van der Waals surface area contributed by atoms with Gasteiger partial charge in [-0.3, -0.25) is 4.90 Å². The molecule has 0 amide bonds. The fraction of sp³-hybridized carbons (Fsp3) is 1.00. The molecule has 126 valence electrons. The Morgan fingerprint density at radius 1 is 1.10 bits per heavy atom. The van der Waals surface area contributed by atoms with Crippen molar-refractivity contribution in [2.24, 2.45) is 0 Å². The molecule has 0 aromatic heterocycles. The molecule has 0 aliphatic carbocycles. The Bertz CT molecular complexity index is 363. The number of alkyl halides is 1. The van der Waals surface area contributed by atoms with Gasteiger partial charge in [0.1, 0.15) is 5.37 Å². The molecule has 0 saturated carbocycles. The third-order valence-corrected chi connectivity index (χ3v) is 7.98. The quantitative estimate of drug-likeness (QED) is 0.389. The van der Waals surface area contributed by atoms with Crippen LogP contribution in [0.15, 0.2) is 0 Å². The summed E-state index contributed by atoms with van der Waals surface area (Å²) >= 11 is 5.24. The topological polar surface area (TPSA) is 37.4 Å². The Morgan fingerprint density at radius 3 is 2.33 bits per heavy atom. The molecular formula is C15H30BrNO2S2. The molecule has 1 atom stereocenters. The molecule has 1 aliphatic heterocycles. The first-order valence-corrected chi connectivity index (χ1v) is 12.2. The standard InChI is InChI=1S/C15H30BrNO2S2/c1-2-21(18,19)15-14-20-13-12-17(15)11-9-7-5-3-4-6-8-10-16/h15H,2-14H2,1H3. The average Bonchev–Trinajstić information content (AvgIpc) is 2.50. The average molecular weight is 400 g/mol. The predicted octanol–water partition coefficient (Wildman–Crippen LogP) is 3.92. The lowest BCUT2D eigenvalue weighted by Gasteiger charge is -2.34. The number of hydrogen-bond donors (Lipinski definition) is 0. The number of thioether (sulfide) groups is 1. The maximum atomic E-state index is 12.1. The van der Waals surface area contributed by atoms with E-state index in [4.69, 9.17) is 0 Å². The van der Waals surface area contributed by atoms with E-state index >= 15 is 0 Å². The number of nitrogens with zero attached hydrogens (tertiary/aromatic N) is 1. The van der Waals surface area contributed by atoms with E-state index in [1.54, 1.807) is 18.7 Å². The Balaban J connectivity index is 2.20. The van der Waals surface area contributed by atoms with Gasteiger partial charge < -0.3 is 0 Å². The first-order valence-electron chi connectivity index (χ1n) is 8.21. The van der Waals surface area contributed by atoms with E-state index in [0.29, 0.717) is 0 Å². The van der Waals surface area contributed by atoms with Crippen molar-refractivity contribution >= 4 is 37.5 Å². The summed E-state index contributed by atoms with van der Waals surface area (Å²) in [7, 11) is -2.93. The van der Waals surface area contributed by atoms with Crippen LogP contribution in [0.1, 0.15) is 51.9 Å².